The number of carbonyl (C=O) groups excluding carboxylic acids is 1. The molecule has 1 aromatic carbocycles. The minimum Gasteiger partial charge on any atom is -0.383 e. The Hall–Kier alpha value is -2.23. The zero-order valence-corrected chi connectivity index (χ0v) is 16.1. The van der Waals surface area contributed by atoms with Gasteiger partial charge in [0.2, 0.25) is 5.91 Å². The third kappa shape index (κ3) is 4.69. The van der Waals surface area contributed by atoms with Gasteiger partial charge in [0.05, 0.1) is 24.6 Å². The number of hydrogen-bond donors (Lipinski definition) is 1. The zero-order chi connectivity index (χ0) is 18.4. The van der Waals surface area contributed by atoms with E-state index in [1.165, 1.54) is 23.1 Å². The highest BCUT2D eigenvalue weighted by Gasteiger charge is 2.16. The van der Waals surface area contributed by atoms with Crippen molar-refractivity contribution in [2.45, 2.75) is 18.6 Å². The monoisotopic (exact) mass is 389 g/mol. The Morgan fingerprint density at radius 1 is 1.31 bits per heavy atom. The lowest BCUT2D eigenvalue weighted by molar-refractivity contribution is -0.113. The van der Waals surface area contributed by atoms with Crippen LogP contribution in [0.5, 0.6) is 0 Å². The second-order valence-corrected chi connectivity index (χ2v) is 7.25. The number of amides is 1. The summed E-state index contributed by atoms with van der Waals surface area (Å²) in [6.07, 6.45) is 0. The molecule has 2 heterocycles. The molecule has 3 aromatic rings. The summed E-state index contributed by atoms with van der Waals surface area (Å²) >= 11 is 2.76. The molecule has 0 aliphatic rings. The van der Waals surface area contributed by atoms with Crippen molar-refractivity contribution in [3.05, 3.63) is 41.4 Å². The van der Waals surface area contributed by atoms with Crippen LogP contribution in [0.15, 0.2) is 40.9 Å². The van der Waals surface area contributed by atoms with E-state index in [4.69, 9.17) is 4.74 Å². The molecule has 0 aliphatic heterocycles. The number of methoxy groups -OCH3 is 1. The molecular weight excluding hydrogens is 370 g/mol. The fraction of sp³-hybridized carbons (Fsp3) is 0.294. The van der Waals surface area contributed by atoms with Gasteiger partial charge in [0.1, 0.15) is 0 Å². The summed E-state index contributed by atoms with van der Waals surface area (Å²) in [6, 6.07) is 9.85. The smallest absolute Gasteiger partial charge is 0.236 e. The van der Waals surface area contributed by atoms with Crippen molar-refractivity contribution < 1.29 is 9.53 Å². The molecule has 3 rings (SSSR count). The number of ether oxygens (including phenoxy) is 1. The Kier molecular flexibility index (Phi) is 6.37. The molecule has 1 amide bonds. The Balaban J connectivity index is 1.70. The summed E-state index contributed by atoms with van der Waals surface area (Å²) in [5.74, 6) is 0.881. The van der Waals surface area contributed by atoms with Gasteiger partial charge in [-0.3, -0.25) is 9.36 Å². The Morgan fingerprint density at radius 3 is 2.81 bits per heavy atom. The van der Waals surface area contributed by atoms with Gasteiger partial charge in [0.25, 0.3) is 0 Å². The predicted molar refractivity (Wildman–Crippen MR) is 104 cm³/mol. The molecule has 0 atom stereocenters. The van der Waals surface area contributed by atoms with Crippen LogP contribution in [0, 0.1) is 6.92 Å². The topological polar surface area (TPSA) is 81.9 Å². The molecule has 7 nitrogen and oxygen atoms in total. The Morgan fingerprint density at radius 2 is 2.12 bits per heavy atom. The van der Waals surface area contributed by atoms with Gasteiger partial charge in [-0.15, -0.1) is 21.5 Å². The first-order valence-electron chi connectivity index (χ1n) is 7.99. The molecule has 2 aromatic heterocycles. The number of benzene rings is 1. The lowest BCUT2D eigenvalue weighted by Crippen LogP contribution is -2.15. The fourth-order valence-electron chi connectivity index (χ4n) is 2.28. The first-order valence-corrected chi connectivity index (χ1v) is 9.86. The normalized spacial score (nSPS) is 10.8. The van der Waals surface area contributed by atoms with Crippen molar-refractivity contribution >= 4 is 34.1 Å². The first kappa shape index (κ1) is 18.6. The molecule has 0 spiro atoms. The minimum absolute atomic E-state index is 0.119. The van der Waals surface area contributed by atoms with Crippen LogP contribution in [-0.4, -0.2) is 45.1 Å². The number of thiazole rings is 1. The Labute approximate surface area is 159 Å². The maximum Gasteiger partial charge on any atom is 0.236 e. The average Bonchev–Trinajstić information content (AvgIpc) is 3.24. The zero-order valence-electron chi connectivity index (χ0n) is 14.5. The largest absolute Gasteiger partial charge is 0.383 e. The first-order chi connectivity index (χ1) is 12.7. The van der Waals surface area contributed by atoms with E-state index >= 15 is 0 Å². The van der Waals surface area contributed by atoms with Crippen LogP contribution in [0.2, 0.25) is 0 Å². The fourth-order valence-corrected chi connectivity index (χ4v) is 3.75. The maximum absolute atomic E-state index is 12.1. The lowest BCUT2D eigenvalue weighted by atomic mass is 10.2. The van der Waals surface area contributed by atoms with E-state index in [1.54, 1.807) is 7.11 Å². The maximum atomic E-state index is 12.1. The third-order valence-electron chi connectivity index (χ3n) is 3.47. The minimum atomic E-state index is -0.119. The quantitative estimate of drug-likeness (QED) is 0.596. The number of hydrogen-bond acceptors (Lipinski definition) is 7. The molecule has 0 bridgehead atoms. The molecule has 0 saturated carbocycles. The van der Waals surface area contributed by atoms with Gasteiger partial charge in [-0.25, -0.2) is 4.98 Å². The number of nitrogens with zero attached hydrogens (tertiary/aromatic N) is 4. The van der Waals surface area contributed by atoms with Gasteiger partial charge < -0.3 is 10.1 Å². The summed E-state index contributed by atoms with van der Waals surface area (Å²) < 4.78 is 7.17. The summed E-state index contributed by atoms with van der Waals surface area (Å²) in [4.78, 5) is 16.4. The number of nitrogens with one attached hydrogen (secondary N) is 1. The van der Waals surface area contributed by atoms with Crippen molar-refractivity contribution in [1.29, 1.82) is 0 Å². The predicted octanol–water partition coefficient (Wildman–Crippen LogP) is 3.09. The highest BCUT2D eigenvalue weighted by Crippen LogP contribution is 2.24. The van der Waals surface area contributed by atoms with E-state index in [0.717, 1.165) is 17.1 Å². The standard InChI is InChI=1S/C17H19N5O2S2/c1-12-10-25-16(18-12)19-14(23)11-26-17-21-20-15(22(17)8-9-24-2)13-6-4-3-5-7-13/h3-7,10H,8-9,11H2,1-2H3,(H,18,19,23). The molecule has 136 valence electrons. The van der Waals surface area contributed by atoms with Gasteiger partial charge in [-0.1, -0.05) is 42.1 Å². The summed E-state index contributed by atoms with van der Waals surface area (Å²) in [6.45, 7) is 3.05. The van der Waals surface area contributed by atoms with Crippen LogP contribution in [0.1, 0.15) is 5.69 Å². The highest BCUT2D eigenvalue weighted by atomic mass is 32.2. The molecule has 0 radical (unpaired) electrons. The van der Waals surface area contributed by atoms with Crippen LogP contribution in [0.25, 0.3) is 11.4 Å². The van der Waals surface area contributed by atoms with Crippen LogP contribution >= 0.6 is 23.1 Å². The molecular formula is C17H19N5O2S2. The molecule has 9 heteroatoms. The van der Waals surface area contributed by atoms with Crippen molar-refractivity contribution in [3.63, 3.8) is 0 Å². The van der Waals surface area contributed by atoms with E-state index in [0.29, 0.717) is 23.4 Å². The van der Waals surface area contributed by atoms with E-state index in [9.17, 15) is 4.79 Å². The number of rotatable bonds is 8. The van der Waals surface area contributed by atoms with Crippen molar-refractivity contribution in [2.24, 2.45) is 0 Å². The number of thioether (sulfide) groups is 1. The molecule has 1 N–H and O–H groups in total. The van der Waals surface area contributed by atoms with Crippen molar-refractivity contribution in [2.75, 3.05) is 24.8 Å². The van der Waals surface area contributed by atoms with Gasteiger partial charge >= 0.3 is 0 Å². The average molecular weight is 390 g/mol. The van der Waals surface area contributed by atoms with Gasteiger partial charge in [-0.05, 0) is 6.92 Å². The second-order valence-electron chi connectivity index (χ2n) is 5.45. The summed E-state index contributed by atoms with van der Waals surface area (Å²) in [5, 5.41) is 14.6. The number of aryl methyl sites for hydroxylation is 1. The lowest BCUT2D eigenvalue weighted by Gasteiger charge is -2.09. The van der Waals surface area contributed by atoms with Crippen LogP contribution in [0.4, 0.5) is 5.13 Å². The molecule has 0 saturated heterocycles. The van der Waals surface area contributed by atoms with E-state index in [1.807, 2.05) is 47.2 Å². The number of anilines is 1. The van der Waals surface area contributed by atoms with E-state index in [-0.39, 0.29) is 11.7 Å². The second kappa shape index (κ2) is 8.93. The van der Waals surface area contributed by atoms with Crippen molar-refractivity contribution in [1.82, 2.24) is 19.7 Å². The highest BCUT2D eigenvalue weighted by molar-refractivity contribution is 7.99. The Bertz CT molecular complexity index is 863. The molecule has 0 aliphatic carbocycles. The van der Waals surface area contributed by atoms with Gasteiger partial charge in [-0.2, -0.15) is 0 Å². The van der Waals surface area contributed by atoms with Crippen LogP contribution < -0.4 is 5.32 Å². The van der Waals surface area contributed by atoms with E-state index in [2.05, 4.69) is 20.5 Å². The van der Waals surface area contributed by atoms with E-state index < -0.39 is 0 Å². The number of carbonyl (C=O) groups is 1. The molecule has 0 fully saturated rings. The molecule has 0 unspecified atom stereocenters. The summed E-state index contributed by atoms with van der Waals surface area (Å²) in [5.41, 5.74) is 1.87. The third-order valence-corrected chi connectivity index (χ3v) is 5.31. The van der Waals surface area contributed by atoms with Crippen molar-refractivity contribution in [3.8, 4) is 11.4 Å². The SMILES string of the molecule is COCCn1c(SCC(=O)Nc2nc(C)cs2)nnc1-c1ccccc1. The van der Waals surface area contributed by atoms with Gasteiger partial charge in [0, 0.05) is 18.1 Å². The van der Waals surface area contributed by atoms with Gasteiger partial charge in [0.15, 0.2) is 16.1 Å². The molecule has 26 heavy (non-hydrogen) atoms. The van der Waals surface area contributed by atoms with Crippen LogP contribution in [0.3, 0.4) is 0 Å². The summed E-state index contributed by atoms with van der Waals surface area (Å²) in [7, 11) is 1.66. The number of aromatic nitrogens is 4. The van der Waals surface area contributed by atoms with Crippen LogP contribution in [-0.2, 0) is 16.1 Å².